The number of phosphoric ester groups is 1. The second kappa shape index (κ2) is 69.8. The zero-order chi connectivity index (χ0) is 85.4. The molecule has 3 rings (SSSR count). The number of phosphoric acid groups is 1. The molecule has 2 aliphatic heterocycles. The van der Waals surface area contributed by atoms with E-state index in [1.54, 1.807) is 0 Å². The van der Waals surface area contributed by atoms with Crippen LogP contribution in [-0.4, -0.2) is 205 Å². The molecule has 3 fully saturated rings. The zero-order valence-electron chi connectivity index (χ0n) is 72.5. The molecule has 0 bridgehead atoms. The normalized spacial score (nSPS) is 25.2. The number of carbonyl (C=O) groups excluding carboxylic acids is 4. The highest BCUT2D eigenvalue weighted by Crippen LogP contribution is 2.49. The lowest BCUT2D eigenvalue weighted by atomic mass is 9.84. The van der Waals surface area contributed by atoms with Crippen LogP contribution < -0.4 is 0 Å². The van der Waals surface area contributed by atoms with Crippen LogP contribution in [0.3, 0.4) is 0 Å². The summed E-state index contributed by atoms with van der Waals surface area (Å²) in [5.41, 5.74) is 0. The van der Waals surface area contributed by atoms with Gasteiger partial charge in [0.1, 0.15) is 92.6 Å². The first-order valence-corrected chi connectivity index (χ1v) is 47.9. The lowest BCUT2D eigenvalue weighted by Gasteiger charge is -2.50. The Morgan fingerprint density at radius 1 is 0.333 bits per heavy atom. The van der Waals surface area contributed by atoms with Gasteiger partial charge >= 0.3 is 31.7 Å². The summed E-state index contributed by atoms with van der Waals surface area (Å²) < 4.78 is 73.3. The second-order valence-corrected chi connectivity index (χ2v) is 34.2. The van der Waals surface area contributed by atoms with E-state index in [0.717, 1.165) is 173 Å². The first-order chi connectivity index (χ1) is 56.7. The van der Waals surface area contributed by atoms with Gasteiger partial charge < -0.3 is 88.7 Å². The van der Waals surface area contributed by atoms with Gasteiger partial charge in [-0.2, -0.15) is 0 Å². The van der Waals surface area contributed by atoms with E-state index in [9.17, 15) is 74.6 Å². The van der Waals surface area contributed by atoms with Gasteiger partial charge in [-0.3, -0.25) is 28.2 Å². The lowest BCUT2D eigenvalue weighted by Crippen LogP contribution is -2.70. The summed E-state index contributed by atoms with van der Waals surface area (Å²) in [6, 6.07) is 0. The molecule has 117 heavy (non-hydrogen) atoms. The molecule has 682 valence electrons. The van der Waals surface area contributed by atoms with Crippen molar-refractivity contribution in [2.75, 3.05) is 26.4 Å². The van der Waals surface area contributed by atoms with Crippen LogP contribution in [0.15, 0.2) is 48.6 Å². The molecule has 18 unspecified atom stereocenters. The topological polar surface area (TPSA) is 380 Å². The molecule has 1 saturated carbocycles. The van der Waals surface area contributed by atoms with Crippen molar-refractivity contribution in [1.82, 2.24) is 0 Å². The number of rotatable bonds is 74. The second-order valence-electron chi connectivity index (χ2n) is 32.8. The molecule has 10 N–H and O–H groups in total. The number of esters is 4. The van der Waals surface area contributed by atoms with Crippen LogP contribution in [0.4, 0.5) is 0 Å². The van der Waals surface area contributed by atoms with Crippen LogP contribution in [0.2, 0.25) is 0 Å². The zero-order valence-corrected chi connectivity index (χ0v) is 73.4. The van der Waals surface area contributed by atoms with Crippen molar-refractivity contribution < 1.29 is 122 Å². The molecule has 2 saturated heterocycles. The number of hydrogen-bond donors (Lipinski definition) is 10. The highest BCUT2D eigenvalue weighted by Gasteiger charge is 2.60. The molecule has 25 nitrogen and oxygen atoms in total. The van der Waals surface area contributed by atoms with Gasteiger partial charge in [-0.25, -0.2) is 4.57 Å². The maximum absolute atomic E-state index is 14.9. The third-order valence-electron chi connectivity index (χ3n) is 22.2. The molecule has 0 amide bonds. The number of unbranched alkanes of at least 4 members (excludes halogenated alkanes) is 42. The first-order valence-electron chi connectivity index (χ1n) is 46.4. The Balaban J connectivity index is 1.92. The Morgan fingerprint density at radius 2 is 0.641 bits per heavy atom. The number of allylic oxidation sites excluding steroid dienone is 8. The monoisotopic (exact) mass is 1690 g/mol. The van der Waals surface area contributed by atoms with E-state index in [1.807, 2.05) is 0 Å². The van der Waals surface area contributed by atoms with Crippen LogP contribution >= 0.6 is 7.82 Å². The van der Waals surface area contributed by atoms with E-state index >= 15 is 0 Å². The van der Waals surface area contributed by atoms with Gasteiger partial charge in [-0.15, -0.1) is 0 Å². The third-order valence-corrected chi connectivity index (χ3v) is 23.2. The number of aliphatic hydroxyl groups is 9. The maximum Gasteiger partial charge on any atom is 0.472 e. The van der Waals surface area contributed by atoms with Crippen molar-refractivity contribution in [3.05, 3.63) is 48.6 Å². The van der Waals surface area contributed by atoms with Gasteiger partial charge in [0, 0.05) is 25.7 Å². The molecule has 0 aromatic rings. The first kappa shape index (κ1) is 108. The average Bonchev–Trinajstić information content (AvgIpc) is 0.755. The van der Waals surface area contributed by atoms with Crippen molar-refractivity contribution >= 4 is 31.7 Å². The van der Waals surface area contributed by atoms with Crippen molar-refractivity contribution in [2.45, 2.75) is 479 Å². The molecule has 18 atom stereocenters. The average molecular weight is 1690 g/mol. The summed E-state index contributed by atoms with van der Waals surface area (Å²) in [6.45, 7) is 5.51. The van der Waals surface area contributed by atoms with Gasteiger partial charge in [-0.1, -0.05) is 269 Å². The molecule has 0 aromatic heterocycles. The fourth-order valence-electron chi connectivity index (χ4n) is 14.8. The Morgan fingerprint density at radius 3 is 1.03 bits per heavy atom. The summed E-state index contributed by atoms with van der Waals surface area (Å²) in [5.74, 6) is -3.01. The van der Waals surface area contributed by atoms with Gasteiger partial charge in [0.15, 0.2) is 24.8 Å². The minimum atomic E-state index is -5.82. The molecular weight excluding hydrogens is 1520 g/mol. The van der Waals surface area contributed by atoms with Crippen LogP contribution in [0, 0.1) is 0 Å². The third kappa shape index (κ3) is 50.1. The van der Waals surface area contributed by atoms with Crippen LogP contribution in [0.5, 0.6) is 0 Å². The van der Waals surface area contributed by atoms with Crippen LogP contribution in [-0.2, 0) is 70.7 Å². The molecule has 2 heterocycles. The maximum atomic E-state index is 14.9. The van der Waals surface area contributed by atoms with Gasteiger partial charge in [0.25, 0.3) is 0 Å². The van der Waals surface area contributed by atoms with E-state index in [-0.39, 0.29) is 32.1 Å². The fourth-order valence-corrected chi connectivity index (χ4v) is 15.8. The molecular formula is C91H163O25P. The minimum Gasteiger partial charge on any atom is -0.463 e. The highest BCUT2D eigenvalue weighted by molar-refractivity contribution is 7.47. The molecule has 26 heteroatoms. The van der Waals surface area contributed by atoms with Gasteiger partial charge in [0.05, 0.1) is 13.2 Å². The standard InChI is InChI=1S/C91H163O25P/c1-5-9-13-17-21-25-29-33-36-40-43-47-51-55-59-63-74(93)107-68-71(110-76(95)65-61-57-53-49-46-42-38-35-31-27-23-19-15-11-7-3)69-109-117(105,106)116-89-87(114-90-84(103)80(99)78(97)72(67-92)111-90)83(102)82(101)86(113-77(96)66-62-58-54-50-45-39-32-28-24-20-16-12-8-4)88(89)115-91-85(104)81(100)79(98)73(112-91)70-108-75(94)64-60-56-52-48-44-41-37-34-30-26-22-18-14-10-6-2/h25-27,29-31,39,45,71-73,78-92,97-104H,5-24,28,32-38,40-44,46-70H2,1-4H3,(H,105,106)/b29-25-,30-26-,31-27-,45-39-. The quantitative estimate of drug-likeness (QED) is 0.00889. The summed E-state index contributed by atoms with van der Waals surface area (Å²) in [4.78, 5) is 66.4. The summed E-state index contributed by atoms with van der Waals surface area (Å²) in [6.07, 6.45) is 32.5. The van der Waals surface area contributed by atoms with E-state index < -0.39 is 162 Å². The van der Waals surface area contributed by atoms with E-state index in [1.165, 1.54) is 103 Å². The highest BCUT2D eigenvalue weighted by atomic mass is 31.2. The minimum absolute atomic E-state index is 0.00566. The van der Waals surface area contributed by atoms with Crippen LogP contribution in [0.1, 0.15) is 374 Å². The van der Waals surface area contributed by atoms with Crippen molar-refractivity contribution in [3.8, 4) is 0 Å². The van der Waals surface area contributed by atoms with Gasteiger partial charge in [0.2, 0.25) is 0 Å². The number of hydrogen-bond acceptors (Lipinski definition) is 24. The predicted octanol–water partition coefficient (Wildman–Crippen LogP) is 16.9. The Labute approximate surface area is 703 Å². The Kier molecular flexibility index (Phi) is 64.2. The van der Waals surface area contributed by atoms with Gasteiger partial charge in [-0.05, 0) is 128 Å². The molecule has 0 spiro atoms. The fraction of sp³-hybridized carbons (Fsp3) is 0.868. The predicted molar refractivity (Wildman–Crippen MR) is 453 cm³/mol. The van der Waals surface area contributed by atoms with Crippen molar-refractivity contribution in [1.29, 1.82) is 0 Å². The number of carbonyl (C=O) groups is 4. The molecule has 0 aromatic carbocycles. The van der Waals surface area contributed by atoms with Crippen molar-refractivity contribution in [2.24, 2.45) is 0 Å². The Hall–Kier alpha value is -3.57. The van der Waals surface area contributed by atoms with E-state index in [0.29, 0.717) is 38.5 Å². The molecule has 3 aliphatic rings. The van der Waals surface area contributed by atoms with E-state index in [4.69, 9.17) is 46.9 Å². The summed E-state index contributed by atoms with van der Waals surface area (Å²) in [7, 11) is -5.82. The number of aliphatic hydroxyl groups excluding tert-OH is 9. The summed E-state index contributed by atoms with van der Waals surface area (Å²) in [5, 5.41) is 102. The lowest BCUT2D eigenvalue weighted by molar-refractivity contribution is -0.360. The van der Waals surface area contributed by atoms with Crippen LogP contribution in [0.25, 0.3) is 0 Å². The number of ether oxygens (including phenoxy) is 8. The molecule has 1 aliphatic carbocycles. The van der Waals surface area contributed by atoms with Crippen molar-refractivity contribution in [3.63, 3.8) is 0 Å². The largest absolute Gasteiger partial charge is 0.472 e. The molecule has 0 radical (unpaired) electrons. The SMILES string of the molecule is CCCCCC/C=C\CCCCCCCCCC(=O)OCC(COP(=O)(O)OC1C(OC2OC(CO)C(O)C(O)C2O)C(O)C(O)C(OC(=O)CCCCC/C=C\CCCCCCCC)C1OC1OC(COC(=O)CCCCCCCCC/C=C\CCCCCC)C(O)C(O)C1O)OC(=O)CCCCCCCCC/C=C\CCCCCC. The van der Waals surface area contributed by atoms with E-state index in [2.05, 4.69) is 76.3 Å². The smallest absolute Gasteiger partial charge is 0.463 e. The Bertz CT molecular complexity index is 2630. The summed E-state index contributed by atoms with van der Waals surface area (Å²) >= 11 is 0.